The third kappa shape index (κ3) is 1.91. The lowest BCUT2D eigenvalue weighted by molar-refractivity contribution is -0.136. The van der Waals surface area contributed by atoms with Crippen molar-refractivity contribution in [3.63, 3.8) is 0 Å². The van der Waals surface area contributed by atoms with Crippen molar-refractivity contribution >= 4 is 12.0 Å². The van der Waals surface area contributed by atoms with Gasteiger partial charge in [-0.25, -0.2) is 9.59 Å². The zero-order chi connectivity index (χ0) is 13.4. The third-order valence-electron chi connectivity index (χ3n) is 3.15. The zero-order valence-electron chi connectivity index (χ0n) is 10.2. The van der Waals surface area contributed by atoms with E-state index in [1.54, 1.807) is 19.2 Å². The molecule has 98 valence electrons. The number of urea groups is 1. The highest BCUT2D eigenvalue weighted by atomic mass is 16.5. The van der Waals surface area contributed by atoms with E-state index in [-0.39, 0.29) is 12.6 Å². The standard InChI is InChI=1S/C13H12N2O4/c1-18-8-4-2-3-7(5-8)11-10-9(6-19-12(10)16)14-13(17)15-11/h2-5,11H,6H2,1H3,(H2,14,15,17)/t11-/m1/s1. The first-order chi connectivity index (χ1) is 9.19. The third-order valence-corrected chi connectivity index (χ3v) is 3.15. The maximum Gasteiger partial charge on any atom is 0.338 e. The predicted molar refractivity (Wildman–Crippen MR) is 65.4 cm³/mol. The van der Waals surface area contributed by atoms with Crippen LogP contribution in [0, 0.1) is 0 Å². The van der Waals surface area contributed by atoms with E-state index in [1.807, 2.05) is 12.1 Å². The molecule has 0 spiro atoms. The lowest BCUT2D eigenvalue weighted by atomic mass is 9.96. The number of carbonyl (C=O) groups is 2. The second-order valence-corrected chi connectivity index (χ2v) is 4.28. The monoisotopic (exact) mass is 260 g/mol. The van der Waals surface area contributed by atoms with Gasteiger partial charge in [-0.2, -0.15) is 0 Å². The Morgan fingerprint density at radius 3 is 3.00 bits per heavy atom. The molecule has 6 heteroatoms. The van der Waals surface area contributed by atoms with Gasteiger partial charge in [0.05, 0.1) is 24.4 Å². The van der Waals surface area contributed by atoms with Crippen LogP contribution in [0.5, 0.6) is 5.75 Å². The fraction of sp³-hybridized carbons (Fsp3) is 0.231. The summed E-state index contributed by atoms with van der Waals surface area (Å²) in [5.41, 5.74) is 1.76. The first-order valence-electron chi connectivity index (χ1n) is 5.80. The molecule has 2 aliphatic rings. The molecule has 0 fully saturated rings. The molecule has 2 heterocycles. The Morgan fingerprint density at radius 2 is 2.21 bits per heavy atom. The van der Waals surface area contributed by atoms with Crippen LogP contribution in [0.15, 0.2) is 35.5 Å². The smallest absolute Gasteiger partial charge is 0.338 e. The summed E-state index contributed by atoms with van der Waals surface area (Å²) in [6, 6.07) is 6.37. The summed E-state index contributed by atoms with van der Waals surface area (Å²) < 4.78 is 10.1. The summed E-state index contributed by atoms with van der Waals surface area (Å²) in [4.78, 5) is 23.3. The van der Waals surface area contributed by atoms with E-state index in [2.05, 4.69) is 10.6 Å². The normalized spacial score (nSPS) is 21.4. The minimum Gasteiger partial charge on any atom is -0.497 e. The number of nitrogens with one attached hydrogen (secondary N) is 2. The molecule has 1 aromatic carbocycles. The number of rotatable bonds is 2. The van der Waals surface area contributed by atoms with Gasteiger partial charge < -0.3 is 20.1 Å². The average molecular weight is 260 g/mol. The van der Waals surface area contributed by atoms with Gasteiger partial charge >= 0.3 is 12.0 Å². The van der Waals surface area contributed by atoms with Crippen LogP contribution in [0.1, 0.15) is 11.6 Å². The van der Waals surface area contributed by atoms with Crippen LogP contribution in [0.4, 0.5) is 4.79 Å². The summed E-state index contributed by atoms with van der Waals surface area (Å²) in [7, 11) is 1.56. The minimum absolute atomic E-state index is 0.113. The van der Waals surface area contributed by atoms with Crippen molar-refractivity contribution in [1.82, 2.24) is 10.6 Å². The first kappa shape index (κ1) is 11.6. The van der Waals surface area contributed by atoms with E-state index in [4.69, 9.17) is 9.47 Å². The highest BCUT2D eigenvalue weighted by molar-refractivity contribution is 5.97. The van der Waals surface area contributed by atoms with E-state index in [9.17, 15) is 9.59 Å². The number of hydrogen-bond donors (Lipinski definition) is 2. The SMILES string of the molecule is COc1cccc([C@H]2NC(=O)NC3=C2C(=O)OC3)c1. The number of methoxy groups -OCH3 is 1. The number of carbonyl (C=O) groups excluding carboxylic acids is 2. The van der Waals surface area contributed by atoms with Gasteiger partial charge in [0.1, 0.15) is 12.4 Å². The van der Waals surface area contributed by atoms with E-state index in [1.165, 1.54) is 0 Å². The highest BCUT2D eigenvalue weighted by Gasteiger charge is 2.37. The van der Waals surface area contributed by atoms with Crippen LogP contribution in [0.25, 0.3) is 0 Å². The van der Waals surface area contributed by atoms with Crippen molar-refractivity contribution in [3.8, 4) is 5.75 Å². The van der Waals surface area contributed by atoms with Crippen molar-refractivity contribution in [2.75, 3.05) is 13.7 Å². The molecule has 0 radical (unpaired) electrons. The Labute approximate surface area is 109 Å². The second-order valence-electron chi connectivity index (χ2n) is 4.28. The molecule has 1 atom stereocenters. The molecular weight excluding hydrogens is 248 g/mol. The van der Waals surface area contributed by atoms with Crippen molar-refractivity contribution in [2.24, 2.45) is 0 Å². The van der Waals surface area contributed by atoms with Gasteiger partial charge in [0.25, 0.3) is 0 Å². The molecule has 0 unspecified atom stereocenters. The lowest BCUT2D eigenvalue weighted by Crippen LogP contribution is -2.44. The quantitative estimate of drug-likeness (QED) is 0.773. The Hall–Kier alpha value is -2.50. The molecule has 2 aliphatic heterocycles. The highest BCUT2D eigenvalue weighted by Crippen LogP contribution is 2.32. The van der Waals surface area contributed by atoms with Crippen molar-refractivity contribution in [2.45, 2.75) is 6.04 Å². The zero-order valence-corrected chi connectivity index (χ0v) is 10.2. The first-order valence-corrected chi connectivity index (χ1v) is 5.80. The number of cyclic esters (lactones) is 1. The largest absolute Gasteiger partial charge is 0.497 e. The van der Waals surface area contributed by atoms with Crippen molar-refractivity contribution < 1.29 is 19.1 Å². The Kier molecular flexibility index (Phi) is 2.63. The van der Waals surface area contributed by atoms with Gasteiger partial charge in [-0.3, -0.25) is 0 Å². The maximum absolute atomic E-state index is 11.8. The fourth-order valence-electron chi connectivity index (χ4n) is 2.26. The molecule has 1 aromatic rings. The van der Waals surface area contributed by atoms with Crippen molar-refractivity contribution in [3.05, 3.63) is 41.1 Å². The summed E-state index contributed by atoms with van der Waals surface area (Å²) in [6.07, 6.45) is 0. The Balaban J connectivity index is 2.04. The van der Waals surface area contributed by atoms with Crippen LogP contribution in [0.2, 0.25) is 0 Å². The molecule has 0 bridgehead atoms. The van der Waals surface area contributed by atoms with E-state index < -0.39 is 12.0 Å². The van der Waals surface area contributed by atoms with E-state index >= 15 is 0 Å². The van der Waals surface area contributed by atoms with Crippen LogP contribution in [0.3, 0.4) is 0 Å². The van der Waals surface area contributed by atoms with Gasteiger partial charge in [0, 0.05) is 0 Å². The second kappa shape index (κ2) is 4.31. The number of amides is 2. The predicted octanol–water partition coefficient (Wildman–Crippen LogP) is 0.860. The van der Waals surface area contributed by atoms with Gasteiger partial charge in [0.2, 0.25) is 0 Å². The van der Waals surface area contributed by atoms with E-state index in [0.29, 0.717) is 17.0 Å². The van der Waals surface area contributed by atoms with Gasteiger partial charge in [-0.15, -0.1) is 0 Å². The minimum atomic E-state index is -0.506. The molecule has 0 saturated carbocycles. The summed E-state index contributed by atoms with van der Waals surface area (Å²) in [5, 5.41) is 5.31. The molecule has 0 saturated heterocycles. The van der Waals surface area contributed by atoms with Crippen LogP contribution in [-0.2, 0) is 9.53 Å². The van der Waals surface area contributed by atoms with Crippen LogP contribution >= 0.6 is 0 Å². The molecule has 19 heavy (non-hydrogen) atoms. The number of hydrogen-bond acceptors (Lipinski definition) is 4. The summed E-state index contributed by atoms with van der Waals surface area (Å²) in [5.74, 6) is 0.258. The molecule has 0 aliphatic carbocycles. The Bertz CT molecular complexity index is 594. The summed E-state index contributed by atoms with van der Waals surface area (Å²) in [6.45, 7) is 0.113. The molecule has 2 N–H and O–H groups in total. The number of esters is 1. The molecule has 6 nitrogen and oxygen atoms in total. The number of ether oxygens (including phenoxy) is 2. The lowest BCUT2D eigenvalue weighted by Gasteiger charge is -2.24. The maximum atomic E-state index is 11.8. The van der Waals surface area contributed by atoms with E-state index in [0.717, 1.165) is 5.56 Å². The molecule has 3 rings (SSSR count). The molecule has 0 aromatic heterocycles. The average Bonchev–Trinajstić information content (AvgIpc) is 2.79. The fourth-order valence-corrected chi connectivity index (χ4v) is 2.26. The Morgan fingerprint density at radius 1 is 1.37 bits per heavy atom. The van der Waals surface area contributed by atoms with Gasteiger partial charge in [-0.05, 0) is 17.7 Å². The van der Waals surface area contributed by atoms with Crippen molar-refractivity contribution in [1.29, 1.82) is 0 Å². The van der Waals surface area contributed by atoms with Gasteiger partial charge in [0.15, 0.2) is 0 Å². The molecular formula is C13H12N2O4. The van der Waals surface area contributed by atoms with Crippen LogP contribution < -0.4 is 15.4 Å². The van der Waals surface area contributed by atoms with Gasteiger partial charge in [-0.1, -0.05) is 12.1 Å². The molecule has 2 amide bonds. The number of benzene rings is 1. The van der Waals surface area contributed by atoms with Crippen LogP contribution in [-0.4, -0.2) is 25.7 Å². The topological polar surface area (TPSA) is 76.7 Å². The summed E-state index contributed by atoms with van der Waals surface area (Å²) >= 11 is 0.